The summed E-state index contributed by atoms with van der Waals surface area (Å²) in [6.45, 7) is 1.98. The molecule has 0 aromatic heterocycles. The molecule has 1 amide bonds. The SMILES string of the molecule is Cc1ccc(NC(=O)c2c(Cl)cccc2Cl)cc1. The van der Waals surface area contributed by atoms with Crippen molar-refractivity contribution in [2.45, 2.75) is 6.92 Å². The smallest absolute Gasteiger partial charge is 0.258 e. The van der Waals surface area contributed by atoms with Gasteiger partial charge in [0.15, 0.2) is 0 Å². The Morgan fingerprint density at radius 2 is 1.56 bits per heavy atom. The Morgan fingerprint density at radius 3 is 2.11 bits per heavy atom. The van der Waals surface area contributed by atoms with Gasteiger partial charge in [-0.05, 0) is 31.2 Å². The molecule has 0 heterocycles. The van der Waals surface area contributed by atoms with Crippen molar-refractivity contribution >= 4 is 34.8 Å². The molecule has 92 valence electrons. The first-order chi connectivity index (χ1) is 8.58. The molecule has 2 rings (SSSR count). The number of halogens is 2. The molecule has 0 saturated heterocycles. The highest BCUT2D eigenvalue weighted by Crippen LogP contribution is 2.25. The minimum Gasteiger partial charge on any atom is -0.322 e. The Balaban J connectivity index is 2.25. The molecule has 0 aliphatic carbocycles. The number of aryl methyl sites for hydroxylation is 1. The van der Waals surface area contributed by atoms with Crippen molar-refractivity contribution in [3.05, 3.63) is 63.6 Å². The normalized spacial score (nSPS) is 10.2. The summed E-state index contributed by atoms with van der Waals surface area (Å²) in [4.78, 5) is 12.1. The molecule has 0 bridgehead atoms. The van der Waals surface area contributed by atoms with Crippen molar-refractivity contribution in [3.63, 3.8) is 0 Å². The molecule has 2 aromatic rings. The summed E-state index contributed by atoms with van der Waals surface area (Å²) in [5.41, 5.74) is 2.13. The van der Waals surface area contributed by atoms with Crippen molar-refractivity contribution in [2.24, 2.45) is 0 Å². The number of carbonyl (C=O) groups excluding carboxylic acids is 1. The number of hydrogen-bond donors (Lipinski definition) is 1. The quantitative estimate of drug-likeness (QED) is 0.858. The first-order valence-electron chi connectivity index (χ1n) is 5.40. The average molecular weight is 280 g/mol. The number of amides is 1. The van der Waals surface area contributed by atoms with Gasteiger partial charge < -0.3 is 5.32 Å². The van der Waals surface area contributed by atoms with E-state index in [4.69, 9.17) is 23.2 Å². The van der Waals surface area contributed by atoms with Crippen LogP contribution < -0.4 is 5.32 Å². The van der Waals surface area contributed by atoms with Crippen molar-refractivity contribution < 1.29 is 4.79 Å². The zero-order chi connectivity index (χ0) is 13.1. The third-order valence-corrected chi connectivity index (χ3v) is 3.13. The maximum absolute atomic E-state index is 12.1. The molecule has 0 atom stereocenters. The van der Waals surface area contributed by atoms with E-state index in [-0.39, 0.29) is 5.91 Å². The molecule has 0 saturated carbocycles. The molecule has 0 spiro atoms. The first kappa shape index (κ1) is 12.9. The Bertz CT molecular complexity index is 559. The van der Waals surface area contributed by atoms with Crippen molar-refractivity contribution in [3.8, 4) is 0 Å². The van der Waals surface area contributed by atoms with Crippen LogP contribution in [0.25, 0.3) is 0 Å². The minimum absolute atomic E-state index is 0.293. The van der Waals surface area contributed by atoms with Crippen LogP contribution in [0.1, 0.15) is 15.9 Å². The molecular weight excluding hydrogens is 269 g/mol. The Hall–Kier alpha value is -1.51. The minimum atomic E-state index is -0.311. The third-order valence-electron chi connectivity index (χ3n) is 2.50. The highest BCUT2D eigenvalue weighted by Gasteiger charge is 2.14. The van der Waals surface area contributed by atoms with E-state index in [2.05, 4.69) is 5.32 Å². The van der Waals surface area contributed by atoms with E-state index >= 15 is 0 Å². The lowest BCUT2D eigenvalue weighted by atomic mass is 10.2. The Kier molecular flexibility index (Phi) is 3.90. The molecule has 4 heteroatoms. The summed E-state index contributed by atoms with van der Waals surface area (Å²) < 4.78 is 0. The van der Waals surface area contributed by atoms with Crippen LogP contribution in [0.2, 0.25) is 10.0 Å². The number of hydrogen-bond acceptors (Lipinski definition) is 1. The van der Waals surface area contributed by atoms with Gasteiger partial charge in [0.05, 0.1) is 15.6 Å². The zero-order valence-electron chi connectivity index (χ0n) is 9.71. The Labute approximate surface area is 116 Å². The second-order valence-corrected chi connectivity index (χ2v) is 4.73. The van der Waals surface area contributed by atoms with Crippen LogP contribution in [-0.2, 0) is 0 Å². The molecule has 0 unspecified atom stereocenters. The van der Waals surface area contributed by atoms with E-state index in [1.165, 1.54) is 0 Å². The van der Waals surface area contributed by atoms with Gasteiger partial charge in [-0.3, -0.25) is 4.79 Å². The number of rotatable bonds is 2. The lowest BCUT2D eigenvalue weighted by Gasteiger charge is -2.08. The van der Waals surface area contributed by atoms with E-state index in [0.29, 0.717) is 21.3 Å². The average Bonchev–Trinajstić information content (AvgIpc) is 2.32. The first-order valence-corrected chi connectivity index (χ1v) is 6.15. The van der Waals surface area contributed by atoms with Gasteiger partial charge in [-0.1, -0.05) is 47.0 Å². The Morgan fingerprint density at radius 1 is 1.00 bits per heavy atom. The van der Waals surface area contributed by atoms with Crippen LogP contribution in [0, 0.1) is 6.92 Å². The van der Waals surface area contributed by atoms with Gasteiger partial charge in [-0.25, -0.2) is 0 Å². The van der Waals surface area contributed by atoms with Crippen LogP contribution >= 0.6 is 23.2 Å². The maximum Gasteiger partial charge on any atom is 0.258 e. The molecule has 18 heavy (non-hydrogen) atoms. The number of anilines is 1. The third kappa shape index (κ3) is 2.84. The van der Waals surface area contributed by atoms with E-state index in [9.17, 15) is 4.79 Å². The summed E-state index contributed by atoms with van der Waals surface area (Å²) in [5.74, 6) is -0.311. The highest BCUT2D eigenvalue weighted by atomic mass is 35.5. The van der Waals surface area contributed by atoms with Gasteiger partial charge in [0, 0.05) is 5.69 Å². The standard InChI is InChI=1S/C14H11Cl2NO/c1-9-5-7-10(8-6-9)17-14(18)13-11(15)3-2-4-12(13)16/h2-8H,1H3,(H,17,18). The fraction of sp³-hybridized carbons (Fsp3) is 0.0714. The van der Waals surface area contributed by atoms with Gasteiger partial charge in [0.2, 0.25) is 0 Å². The fourth-order valence-corrected chi connectivity index (χ4v) is 2.11. The second-order valence-electron chi connectivity index (χ2n) is 3.92. The number of nitrogens with one attached hydrogen (secondary N) is 1. The van der Waals surface area contributed by atoms with Crippen molar-refractivity contribution in [1.82, 2.24) is 0 Å². The fourth-order valence-electron chi connectivity index (χ4n) is 1.55. The van der Waals surface area contributed by atoms with Crippen LogP contribution in [-0.4, -0.2) is 5.91 Å². The van der Waals surface area contributed by atoms with Gasteiger partial charge in [0.25, 0.3) is 5.91 Å². The number of benzene rings is 2. The van der Waals surface area contributed by atoms with Crippen LogP contribution in [0.4, 0.5) is 5.69 Å². The van der Waals surface area contributed by atoms with E-state index in [0.717, 1.165) is 5.56 Å². The maximum atomic E-state index is 12.1. The van der Waals surface area contributed by atoms with Crippen molar-refractivity contribution in [1.29, 1.82) is 0 Å². The number of carbonyl (C=O) groups is 1. The zero-order valence-corrected chi connectivity index (χ0v) is 11.2. The molecule has 0 radical (unpaired) electrons. The molecule has 0 fully saturated rings. The molecule has 2 nitrogen and oxygen atoms in total. The predicted molar refractivity (Wildman–Crippen MR) is 75.6 cm³/mol. The van der Waals surface area contributed by atoms with Gasteiger partial charge in [-0.15, -0.1) is 0 Å². The summed E-state index contributed by atoms with van der Waals surface area (Å²) in [5, 5.41) is 3.44. The van der Waals surface area contributed by atoms with E-state index in [1.54, 1.807) is 18.2 Å². The van der Waals surface area contributed by atoms with Gasteiger partial charge in [-0.2, -0.15) is 0 Å². The van der Waals surface area contributed by atoms with Gasteiger partial charge >= 0.3 is 0 Å². The van der Waals surface area contributed by atoms with Crippen LogP contribution in [0.15, 0.2) is 42.5 Å². The predicted octanol–water partition coefficient (Wildman–Crippen LogP) is 4.55. The summed E-state index contributed by atoms with van der Waals surface area (Å²) >= 11 is 11.9. The lowest BCUT2D eigenvalue weighted by molar-refractivity contribution is 0.102. The molecule has 0 aliphatic heterocycles. The largest absolute Gasteiger partial charge is 0.322 e. The summed E-state index contributed by atoms with van der Waals surface area (Å²) in [6.07, 6.45) is 0. The topological polar surface area (TPSA) is 29.1 Å². The summed E-state index contributed by atoms with van der Waals surface area (Å²) in [6, 6.07) is 12.5. The van der Waals surface area contributed by atoms with E-state index < -0.39 is 0 Å². The molecule has 0 aliphatic rings. The highest BCUT2D eigenvalue weighted by molar-refractivity contribution is 6.40. The summed E-state index contributed by atoms with van der Waals surface area (Å²) in [7, 11) is 0. The van der Waals surface area contributed by atoms with Crippen LogP contribution in [0.5, 0.6) is 0 Å². The van der Waals surface area contributed by atoms with Crippen molar-refractivity contribution in [2.75, 3.05) is 5.32 Å². The molecular formula is C14H11Cl2NO. The van der Waals surface area contributed by atoms with Crippen LogP contribution in [0.3, 0.4) is 0 Å². The van der Waals surface area contributed by atoms with E-state index in [1.807, 2.05) is 31.2 Å². The molecule has 1 N–H and O–H groups in total. The van der Waals surface area contributed by atoms with Gasteiger partial charge in [0.1, 0.15) is 0 Å². The molecule has 2 aromatic carbocycles. The second kappa shape index (κ2) is 5.42. The lowest BCUT2D eigenvalue weighted by Crippen LogP contribution is -2.13. The monoisotopic (exact) mass is 279 g/mol.